The summed E-state index contributed by atoms with van der Waals surface area (Å²) in [4.78, 5) is 7.92. The Kier molecular flexibility index (Phi) is 3.23. The van der Waals surface area contributed by atoms with Crippen molar-refractivity contribution in [1.29, 1.82) is 0 Å². The van der Waals surface area contributed by atoms with Crippen LogP contribution in [0.1, 0.15) is 10.4 Å². The second-order valence-corrected chi connectivity index (χ2v) is 4.70. The maximum absolute atomic E-state index is 5.28. The SMILES string of the molecule is NC(N)=NCCN1CCc2sccc2C1. The fraction of sp³-hybridized carbons (Fsp3) is 0.500. The van der Waals surface area contributed by atoms with Crippen molar-refractivity contribution in [2.24, 2.45) is 16.5 Å². The maximum Gasteiger partial charge on any atom is 0.185 e. The summed E-state index contributed by atoms with van der Waals surface area (Å²) < 4.78 is 0. The second kappa shape index (κ2) is 4.63. The van der Waals surface area contributed by atoms with E-state index in [2.05, 4.69) is 21.3 Å². The Balaban J connectivity index is 1.85. The summed E-state index contributed by atoms with van der Waals surface area (Å²) >= 11 is 1.86. The van der Waals surface area contributed by atoms with Crippen molar-refractivity contribution >= 4 is 17.3 Å². The number of hydrogen-bond donors (Lipinski definition) is 2. The average molecular weight is 224 g/mol. The molecule has 0 atom stereocenters. The van der Waals surface area contributed by atoms with Crippen LogP contribution in [0.15, 0.2) is 16.4 Å². The first kappa shape index (κ1) is 10.4. The van der Waals surface area contributed by atoms with Crippen LogP contribution < -0.4 is 11.5 Å². The summed E-state index contributed by atoms with van der Waals surface area (Å²) in [6, 6.07) is 2.22. The molecule has 5 heteroatoms. The van der Waals surface area contributed by atoms with Gasteiger partial charge in [-0.3, -0.25) is 9.89 Å². The highest BCUT2D eigenvalue weighted by atomic mass is 32.1. The van der Waals surface area contributed by atoms with Gasteiger partial charge in [-0.05, 0) is 23.4 Å². The highest BCUT2D eigenvalue weighted by Gasteiger charge is 2.16. The third kappa shape index (κ3) is 2.70. The molecule has 0 spiro atoms. The van der Waals surface area contributed by atoms with E-state index in [1.165, 1.54) is 10.4 Å². The third-order valence-electron chi connectivity index (χ3n) is 2.60. The molecule has 1 aromatic rings. The molecule has 4 nitrogen and oxygen atoms in total. The van der Waals surface area contributed by atoms with Gasteiger partial charge >= 0.3 is 0 Å². The average Bonchev–Trinajstić information content (AvgIpc) is 2.64. The summed E-state index contributed by atoms with van der Waals surface area (Å²) in [5, 5.41) is 2.17. The molecule has 2 heterocycles. The zero-order valence-corrected chi connectivity index (χ0v) is 9.46. The van der Waals surface area contributed by atoms with Crippen LogP contribution >= 0.6 is 11.3 Å². The van der Waals surface area contributed by atoms with Crippen molar-refractivity contribution in [3.8, 4) is 0 Å². The lowest BCUT2D eigenvalue weighted by atomic mass is 10.1. The Labute approximate surface area is 93.6 Å². The van der Waals surface area contributed by atoms with Gasteiger partial charge in [0.1, 0.15) is 0 Å². The Bertz CT molecular complexity index is 354. The molecule has 1 aromatic heterocycles. The maximum atomic E-state index is 5.28. The van der Waals surface area contributed by atoms with Crippen molar-refractivity contribution in [3.05, 3.63) is 21.9 Å². The van der Waals surface area contributed by atoms with E-state index < -0.39 is 0 Å². The number of rotatable bonds is 3. The largest absolute Gasteiger partial charge is 0.370 e. The van der Waals surface area contributed by atoms with Gasteiger partial charge in [-0.15, -0.1) is 11.3 Å². The zero-order chi connectivity index (χ0) is 10.7. The lowest BCUT2D eigenvalue weighted by molar-refractivity contribution is 0.264. The first-order chi connectivity index (χ1) is 7.25. The molecule has 2 rings (SSSR count). The van der Waals surface area contributed by atoms with Crippen molar-refractivity contribution in [1.82, 2.24) is 4.90 Å². The minimum absolute atomic E-state index is 0.184. The normalized spacial score (nSPS) is 16.0. The van der Waals surface area contributed by atoms with Gasteiger partial charge in [0.15, 0.2) is 5.96 Å². The van der Waals surface area contributed by atoms with Crippen LogP contribution in [0, 0.1) is 0 Å². The van der Waals surface area contributed by atoms with Crippen molar-refractivity contribution in [2.75, 3.05) is 19.6 Å². The first-order valence-electron chi connectivity index (χ1n) is 5.08. The molecule has 0 radical (unpaired) electrons. The minimum atomic E-state index is 0.184. The van der Waals surface area contributed by atoms with Gasteiger partial charge in [-0.25, -0.2) is 0 Å². The molecule has 0 unspecified atom stereocenters. The lowest BCUT2D eigenvalue weighted by Crippen LogP contribution is -2.32. The van der Waals surface area contributed by atoms with Gasteiger partial charge in [-0.1, -0.05) is 0 Å². The number of nitrogens with zero attached hydrogens (tertiary/aromatic N) is 2. The van der Waals surface area contributed by atoms with E-state index in [1.807, 2.05) is 11.3 Å². The first-order valence-corrected chi connectivity index (χ1v) is 5.96. The molecule has 0 fully saturated rings. The lowest BCUT2D eigenvalue weighted by Gasteiger charge is -2.25. The van der Waals surface area contributed by atoms with Gasteiger partial charge in [0.2, 0.25) is 0 Å². The Morgan fingerprint density at radius 1 is 1.53 bits per heavy atom. The summed E-state index contributed by atoms with van der Waals surface area (Å²) in [6.07, 6.45) is 1.16. The standard InChI is InChI=1S/C10H16N4S/c11-10(12)13-3-5-14-4-1-9-8(7-14)2-6-15-9/h2,6H,1,3-5,7H2,(H4,11,12,13). The Morgan fingerprint density at radius 3 is 3.20 bits per heavy atom. The second-order valence-electron chi connectivity index (χ2n) is 3.70. The van der Waals surface area contributed by atoms with E-state index in [-0.39, 0.29) is 5.96 Å². The van der Waals surface area contributed by atoms with E-state index in [0.717, 1.165) is 26.1 Å². The highest BCUT2D eigenvalue weighted by Crippen LogP contribution is 2.23. The Hall–Kier alpha value is -1.07. The molecule has 1 aliphatic heterocycles. The molecular weight excluding hydrogens is 208 g/mol. The molecule has 0 aromatic carbocycles. The number of aliphatic imine (C=N–C) groups is 1. The number of nitrogens with two attached hydrogens (primary N) is 2. The van der Waals surface area contributed by atoms with Gasteiger partial charge in [0, 0.05) is 24.5 Å². The third-order valence-corrected chi connectivity index (χ3v) is 3.62. The molecule has 0 amide bonds. The summed E-state index contributed by atoms with van der Waals surface area (Å²) in [5.41, 5.74) is 12.0. The smallest absolute Gasteiger partial charge is 0.185 e. The van der Waals surface area contributed by atoms with Crippen molar-refractivity contribution in [3.63, 3.8) is 0 Å². The van der Waals surface area contributed by atoms with Crippen LogP contribution in [0.3, 0.4) is 0 Å². The number of thiophene rings is 1. The number of hydrogen-bond acceptors (Lipinski definition) is 3. The molecule has 0 aliphatic carbocycles. The van der Waals surface area contributed by atoms with Crippen LogP contribution in [0.4, 0.5) is 0 Å². The molecule has 1 aliphatic rings. The van der Waals surface area contributed by atoms with Gasteiger partial charge in [0.05, 0.1) is 6.54 Å². The summed E-state index contributed by atoms with van der Waals surface area (Å²) in [5.74, 6) is 0.184. The molecule has 82 valence electrons. The Morgan fingerprint density at radius 2 is 2.40 bits per heavy atom. The molecule has 0 bridgehead atoms. The number of fused-ring (bicyclic) bond motifs is 1. The molecule has 4 N–H and O–H groups in total. The van der Waals surface area contributed by atoms with Crippen LogP contribution in [-0.4, -0.2) is 30.5 Å². The summed E-state index contributed by atoms with van der Waals surface area (Å²) in [6.45, 7) is 3.79. The van der Waals surface area contributed by atoms with E-state index in [9.17, 15) is 0 Å². The molecular formula is C10H16N4S. The van der Waals surface area contributed by atoms with Crippen molar-refractivity contribution in [2.45, 2.75) is 13.0 Å². The predicted molar refractivity (Wildman–Crippen MR) is 64.0 cm³/mol. The number of guanidine groups is 1. The van der Waals surface area contributed by atoms with E-state index in [1.54, 1.807) is 0 Å². The van der Waals surface area contributed by atoms with Gasteiger partial charge in [0.25, 0.3) is 0 Å². The monoisotopic (exact) mass is 224 g/mol. The molecule has 0 saturated carbocycles. The van der Waals surface area contributed by atoms with Gasteiger partial charge < -0.3 is 11.5 Å². The fourth-order valence-electron chi connectivity index (χ4n) is 1.82. The van der Waals surface area contributed by atoms with Crippen LogP contribution in [-0.2, 0) is 13.0 Å². The van der Waals surface area contributed by atoms with Crippen molar-refractivity contribution < 1.29 is 0 Å². The van der Waals surface area contributed by atoms with Gasteiger partial charge in [-0.2, -0.15) is 0 Å². The van der Waals surface area contributed by atoms with Crippen LogP contribution in [0.25, 0.3) is 0 Å². The van der Waals surface area contributed by atoms with Crippen LogP contribution in [0.2, 0.25) is 0 Å². The van der Waals surface area contributed by atoms with E-state index in [0.29, 0.717) is 6.54 Å². The minimum Gasteiger partial charge on any atom is -0.370 e. The topological polar surface area (TPSA) is 67.6 Å². The quantitative estimate of drug-likeness (QED) is 0.576. The van der Waals surface area contributed by atoms with E-state index in [4.69, 9.17) is 11.5 Å². The van der Waals surface area contributed by atoms with E-state index >= 15 is 0 Å². The predicted octanol–water partition coefficient (Wildman–Crippen LogP) is 0.380. The molecule has 0 saturated heterocycles. The summed E-state index contributed by atoms with van der Waals surface area (Å²) in [7, 11) is 0. The fourth-order valence-corrected chi connectivity index (χ4v) is 2.71. The van der Waals surface area contributed by atoms with Crippen LogP contribution in [0.5, 0.6) is 0 Å². The molecule has 15 heavy (non-hydrogen) atoms. The zero-order valence-electron chi connectivity index (χ0n) is 8.65. The highest BCUT2D eigenvalue weighted by molar-refractivity contribution is 7.10.